The van der Waals surface area contributed by atoms with Gasteiger partial charge in [-0.1, -0.05) is 35.3 Å². The van der Waals surface area contributed by atoms with E-state index in [1.54, 1.807) is 24.3 Å². The Morgan fingerprint density at radius 3 is 2.00 bits per heavy atom. The first-order valence-corrected chi connectivity index (χ1v) is 7.47. The monoisotopic (exact) mass is 321 g/mol. The van der Waals surface area contributed by atoms with E-state index in [0.29, 0.717) is 22.2 Å². The molecule has 1 atom stereocenters. The van der Waals surface area contributed by atoms with Gasteiger partial charge < -0.3 is 0 Å². The van der Waals surface area contributed by atoms with Crippen LogP contribution in [0.4, 0.5) is 0 Å². The molecular weight excluding hydrogens is 305 g/mol. The second-order valence-corrected chi connectivity index (χ2v) is 5.96. The molecule has 2 aromatic carbocycles. The predicted octanol–water partition coefficient (Wildman–Crippen LogP) is 4.70. The van der Waals surface area contributed by atoms with Crippen molar-refractivity contribution in [1.82, 2.24) is 4.90 Å². The minimum Gasteiger partial charge on any atom is -0.292 e. The van der Waals surface area contributed by atoms with Gasteiger partial charge in [-0.05, 0) is 55.9 Å². The Balaban J connectivity index is 2.04. The van der Waals surface area contributed by atoms with Crippen LogP contribution in [0, 0.1) is 0 Å². The first kappa shape index (κ1) is 16.0. The lowest BCUT2D eigenvalue weighted by Gasteiger charge is -2.23. The van der Waals surface area contributed by atoms with Gasteiger partial charge >= 0.3 is 0 Å². The second kappa shape index (κ2) is 7.08. The lowest BCUT2D eigenvalue weighted by molar-refractivity contribution is 0.0862. The normalized spacial score (nSPS) is 12.4. The minimum absolute atomic E-state index is 0.0862. The molecule has 0 fully saturated rings. The molecule has 0 aliphatic heterocycles. The summed E-state index contributed by atoms with van der Waals surface area (Å²) in [5.41, 5.74) is 1.80. The van der Waals surface area contributed by atoms with Crippen molar-refractivity contribution in [3.63, 3.8) is 0 Å². The Bertz CT molecular complexity index is 608. The zero-order valence-electron chi connectivity index (χ0n) is 12.0. The third-order valence-corrected chi connectivity index (χ3v) is 4.02. The summed E-state index contributed by atoms with van der Waals surface area (Å²) in [6, 6.07) is 14.4. The number of benzene rings is 2. The number of carbonyl (C=O) groups excluding carboxylic acids is 1. The van der Waals surface area contributed by atoms with Crippen LogP contribution in [0.15, 0.2) is 48.5 Å². The van der Waals surface area contributed by atoms with Gasteiger partial charge in [-0.2, -0.15) is 0 Å². The maximum atomic E-state index is 12.4. The van der Waals surface area contributed by atoms with Gasteiger partial charge in [0.05, 0.1) is 6.04 Å². The molecule has 110 valence electrons. The molecular formula is C17H17Cl2NO. The van der Waals surface area contributed by atoms with Crippen molar-refractivity contribution in [1.29, 1.82) is 0 Å². The highest BCUT2D eigenvalue weighted by atomic mass is 35.5. The molecule has 1 unspecified atom stereocenters. The summed E-state index contributed by atoms with van der Waals surface area (Å²) < 4.78 is 0. The molecule has 0 heterocycles. The number of hydrogen-bond donors (Lipinski definition) is 0. The third-order valence-electron chi connectivity index (χ3n) is 3.51. The van der Waals surface area contributed by atoms with Crippen molar-refractivity contribution in [2.45, 2.75) is 19.5 Å². The smallest absolute Gasteiger partial charge is 0.179 e. The number of likely N-dealkylation sites (N-methyl/N-ethyl adjacent to an activating group) is 1. The van der Waals surface area contributed by atoms with Gasteiger partial charge in [0.25, 0.3) is 0 Å². The molecule has 0 aliphatic rings. The Labute approximate surface area is 135 Å². The van der Waals surface area contributed by atoms with Crippen molar-refractivity contribution in [2.75, 3.05) is 7.05 Å². The van der Waals surface area contributed by atoms with Crippen LogP contribution in [0.2, 0.25) is 10.0 Å². The molecule has 0 aromatic heterocycles. The number of hydrogen-bond acceptors (Lipinski definition) is 2. The number of rotatable bonds is 5. The van der Waals surface area contributed by atoms with Crippen LogP contribution in [-0.2, 0) is 6.54 Å². The van der Waals surface area contributed by atoms with E-state index < -0.39 is 0 Å². The molecule has 0 aliphatic carbocycles. The average Bonchev–Trinajstić information content (AvgIpc) is 2.49. The van der Waals surface area contributed by atoms with E-state index in [9.17, 15) is 4.79 Å². The summed E-state index contributed by atoms with van der Waals surface area (Å²) in [6.07, 6.45) is 0. The Morgan fingerprint density at radius 2 is 1.48 bits per heavy atom. The van der Waals surface area contributed by atoms with Crippen LogP contribution < -0.4 is 0 Å². The van der Waals surface area contributed by atoms with Gasteiger partial charge in [-0.15, -0.1) is 0 Å². The van der Waals surface area contributed by atoms with E-state index in [4.69, 9.17) is 23.2 Å². The summed E-state index contributed by atoms with van der Waals surface area (Å²) in [6.45, 7) is 2.60. The van der Waals surface area contributed by atoms with E-state index in [-0.39, 0.29) is 11.8 Å². The zero-order valence-corrected chi connectivity index (χ0v) is 13.5. The quantitative estimate of drug-likeness (QED) is 0.744. The average molecular weight is 322 g/mol. The van der Waals surface area contributed by atoms with Crippen molar-refractivity contribution >= 4 is 29.0 Å². The molecule has 2 nitrogen and oxygen atoms in total. The molecule has 0 bridgehead atoms. The summed E-state index contributed by atoms with van der Waals surface area (Å²) in [4.78, 5) is 14.4. The van der Waals surface area contributed by atoms with Crippen LogP contribution >= 0.6 is 23.2 Å². The topological polar surface area (TPSA) is 20.3 Å². The summed E-state index contributed by atoms with van der Waals surface area (Å²) in [5.74, 6) is 0.0862. The fourth-order valence-corrected chi connectivity index (χ4v) is 2.32. The largest absolute Gasteiger partial charge is 0.292 e. The highest BCUT2D eigenvalue weighted by molar-refractivity contribution is 6.30. The lowest BCUT2D eigenvalue weighted by atomic mass is 10.0. The molecule has 0 N–H and O–H groups in total. The van der Waals surface area contributed by atoms with Crippen LogP contribution in [0.3, 0.4) is 0 Å². The van der Waals surface area contributed by atoms with Crippen LogP contribution in [0.25, 0.3) is 0 Å². The first-order chi connectivity index (χ1) is 9.97. The van der Waals surface area contributed by atoms with Gasteiger partial charge in [-0.25, -0.2) is 0 Å². The van der Waals surface area contributed by atoms with Gasteiger partial charge in [0.15, 0.2) is 5.78 Å². The van der Waals surface area contributed by atoms with Crippen molar-refractivity contribution in [2.24, 2.45) is 0 Å². The highest BCUT2D eigenvalue weighted by Gasteiger charge is 2.19. The van der Waals surface area contributed by atoms with Gasteiger partial charge in [0.1, 0.15) is 0 Å². The lowest BCUT2D eigenvalue weighted by Crippen LogP contribution is -2.35. The third kappa shape index (κ3) is 4.31. The maximum Gasteiger partial charge on any atom is 0.179 e. The maximum absolute atomic E-state index is 12.4. The van der Waals surface area contributed by atoms with Crippen molar-refractivity contribution in [3.8, 4) is 0 Å². The van der Waals surface area contributed by atoms with E-state index >= 15 is 0 Å². The molecule has 0 radical (unpaired) electrons. The fourth-order valence-electron chi connectivity index (χ4n) is 2.07. The molecule has 21 heavy (non-hydrogen) atoms. The first-order valence-electron chi connectivity index (χ1n) is 6.72. The SMILES string of the molecule is CC(C(=O)c1ccc(Cl)cc1)N(C)Cc1ccc(Cl)cc1. The van der Waals surface area contributed by atoms with Crippen molar-refractivity contribution < 1.29 is 4.79 Å². The van der Waals surface area contributed by atoms with Gasteiger partial charge in [-0.3, -0.25) is 9.69 Å². The highest BCUT2D eigenvalue weighted by Crippen LogP contribution is 2.15. The van der Waals surface area contributed by atoms with E-state index in [0.717, 1.165) is 5.56 Å². The number of nitrogens with zero attached hydrogens (tertiary/aromatic N) is 1. The number of Topliss-reactive ketones (excluding diaryl/α,β-unsaturated/α-hetero) is 1. The molecule has 0 spiro atoms. The van der Waals surface area contributed by atoms with E-state index in [1.165, 1.54) is 0 Å². The molecule has 0 saturated carbocycles. The summed E-state index contributed by atoms with van der Waals surface area (Å²) in [5, 5.41) is 1.35. The molecule has 0 saturated heterocycles. The summed E-state index contributed by atoms with van der Waals surface area (Å²) >= 11 is 11.7. The molecule has 2 rings (SSSR count). The van der Waals surface area contributed by atoms with Crippen LogP contribution in [0.5, 0.6) is 0 Å². The number of halogens is 2. The van der Waals surface area contributed by atoms with Gasteiger partial charge in [0.2, 0.25) is 0 Å². The number of carbonyl (C=O) groups is 1. The van der Waals surface area contributed by atoms with Crippen molar-refractivity contribution in [3.05, 3.63) is 69.7 Å². The summed E-state index contributed by atoms with van der Waals surface area (Å²) in [7, 11) is 1.94. The Hall–Kier alpha value is -1.35. The molecule has 0 amide bonds. The van der Waals surface area contributed by atoms with Crippen LogP contribution in [-0.4, -0.2) is 23.8 Å². The Kier molecular flexibility index (Phi) is 5.40. The minimum atomic E-state index is -0.207. The Morgan fingerprint density at radius 1 is 1.00 bits per heavy atom. The fraction of sp³-hybridized carbons (Fsp3) is 0.235. The standard InChI is InChI=1S/C17H17Cl2NO/c1-12(17(21)14-5-9-16(19)10-6-14)20(2)11-13-3-7-15(18)8-4-13/h3-10,12H,11H2,1-2H3. The second-order valence-electron chi connectivity index (χ2n) is 5.09. The van der Waals surface area contributed by atoms with Crippen LogP contribution in [0.1, 0.15) is 22.8 Å². The van der Waals surface area contributed by atoms with Gasteiger partial charge in [0, 0.05) is 22.2 Å². The number of ketones is 1. The van der Waals surface area contributed by atoms with E-state index in [2.05, 4.69) is 0 Å². The molecule has 4 heteroatoms. The zero-order chi connectivity index (χ0) is 15.4. The molecule has 2 aromatic rings. The van der Waals surface area contributed by atoms with E-state index in [1.807, 2.05) is 43.1 Å². The predicted molar refractivity (Wildman–Crippen MR) is 88.2 cm³/mol.